The highest BCUT2D eigenvalue weighted by Crippen LogP contribution is 2.27. The zero-order valence-corrected chi connectivity index (χ0v) is 11.0. The van der Waals surface area contributed by atoms with Crippen molar-refractivity contribution in [1.82, 2.24) is 0 Å². The Labute approximate surface area is 103 Å². The van der Waals surface area contributed by atoms with Gasteiger partial charge in [0, 0.05) is 12.2 Å². The van der Waals surface area contributed by atoms with Crippen LogP contribution < -0.4 is 10.1 Å². The minimum absolute atomic E-state index is 0.0665. The molecule has 3 nitrogen and oxygen atoms in total. The number of nitriles is 1. The van der Waals surface area contributed by atoms with E-state index in [9.17, 15) is 0 Å². The average molecular weight is 232 g/mol. The monoisotopic (exact) mass is 232 g/mol. The lowest BCUT2D eigenvalue weighted by Gasteiger charge is -2.15. The molecule has 0 fully saturated rings. The molecule has 1 aromatic rings. The molecule has 0 spiro atoms. The van der Waals surface area contributed by atoms with Crippen molar-refractivity contribution in [2.75, 3.05) is 19.0 Å². The molecule has 1 N–H and O–H groups in total. The molecule has 0 radical (unpaired) electrons. The molecule has 1 unspecified atom stereocenters. The van der Waals surface area contributed by atoms with Crippen LogP contribution in [0.5, 0.6) is 5.75 Å². The van der Waals surface area contributed by atoms with E-state index in [1.54, 1.807) is 7.11 Å². The van der Waals surface area contributed by atoms with Gasteiger partial charge in [0.25, 0.3) is 0 Å². The molecule has 0 aliphatic carbocycles. The summed E-state index contributed by atoms with van der Waals surface area (Å²) in [5, 5.41) is 12.2. The van der Waals surface area contributed by atoms with E-state index in [2.05, 4.69) is 18.3 Å². The zero-order valence-electron chi connectivity index (χ0n) is 11.0. The number of anilines is 1. The van der Waals surface area contributed by atoms with Crippen molar-refractivity contribution in [2.45, 2.75) is 27.2 Å². The Bertz CT molecular complexity index is 421. The van der Waals surface area contributed by atoms with Gasteiger partial charge in [0.05, 0.1) is 19.1 Å². The van der Waals surface area contributed by atoms with Crippen LogP contribution in [0.15, 0.2) is 12.1 Å². The van der Waals surface area contributed by atoms with Crippen LogP contribution in [0.25, 0.3) is 0 Å². The predicted octanol–water partition coefficient (Wildman–Crippen LogP) is 3.27. The maximum Gasteiger partial charge on any atom is 0.122 e. The fourth-order valence-electron chi connectivity index (χ4n) is 1.72. The van der Waals surface area contributed by atoms with Crippen LogP contribution in [0.3, 0.4) is 0 Å². The number of hydrogen-bond acceptors (Lipinski definition) is 3. The van der Waals surface area contributed by atoms with Crippen LogP contribution in [0.4, 0.5) is 5.69 Å². The van der Waals surface area contributed by atoms with Gasteiger partial charge in [0.2, 0.25) is 0 Å². The summed E-state index contributed by atoms with van der Waals surface area (Å²) >= 11 is 0. The van der Waals surface area contributed by atoms with Crippen LogP contribution in [0, 0.1) is 31.1 Å². The number of ether oxygens (including phenoxy) is 1. The first-order valence-corrected chi connectivity index (χ1v) is 5.91. The van der Waals surface area contributed by atoms with Gasteiger partial charge >= 0.3 is 0 Å². The van der Waals surface area contributed by atoms with Crippen molar-refractivity contribution in [1.29, 1.82) is 5.26 Å². The van der Waals surface area contributed by atoms with Gasteiger partial charge in [-0.1, -0.05) is 6.92 Å². The van der Waals surface area contributed by atoms with Gasteiger partial charge in [-0.2, -0.15) is 5.26 Å². The molecule has 3 heteroatoms. The fraction of sp³-hybridized carbons (Fsp3) is 0.500. The lowest BCUT2D eigenvalue weighted by atomic mass is 10.1. The minimum atomic E-state index is 0.0665. The lowest BCUT2D eigenvalue weighted by molar-refractivity contribution is 0.411. The normalized spacial score (nSPS) is 11.7. The van der Waals surface area contributed by atoms with Crippen LogP contribution in [0.1, 0.15) is 24.5 Å². The molecular weight excluding hydrogens is 212 g/mol. The minimum Gasteiger partial charge on any atom is -0.496 e. The third-order valence-electron chi connectivity index (χ3n) is 3.17. The highest BCUT2D eigenvalue weighted by molar-refractivity contribution is 5.58. The third-order valence-corrected chi connectivity index (χ3v) is 3.17. The zero-order chi connectivity index (χ0) is 12.8. The van der Waals surface area contributed by atoms with Gasteiger partial charge in [0.1, 0.15) is 5.75 Å². The van der Waals surface area contributed by atoms with Gasteiger partial charge < -0.3 is 10.1 Å². The van der Waals surface area contributed by atoms with E-state index < -0.39 is 0 Å². The number of rotatable bonds is 5. The van der Waals surface area contributed by atoms with Crippen molar-refractivity contribution >= 4 is 5.69 Å². The molecule has 92 valence electrons. The molecule has 0 aliphatic rings. The Morgan fingerprint density at radius 3 is 2.59 bits per heavy atom. The van der Waals surface area contributed by atoms with Crippen molar-refractivity contribution in [2.24, 2.45) is 5.92 Å². The molecule has 0 bridgehead atoms. The van der Waals surface area contributed by atoms with Crippen LogP contribution in [0.2, 0.25) is 0 Å². The number of nitrogens with one attached hydrogen (secondary N) is 1. The summed E-state index contributed by atoms with van der Waals surface area (Å²) < 4.78 is 5.27. The maximum atomic E-state index is 8.90. The Balaban J connectivity index is 2.80. The molecule has 0 aromatic heterocycles. The standard InChI is InChI=1S/C14H20N2O/c1-5-12(8-15)9-16-13-6-7-14(17-4)11(3)10(13)2/h6-7,12,16H,5,9H2,1-4H3. The molecule has 0 saturated carbocycles. The Hall–Kier alpha value is -1.69. The number of hydrogen-bond donors (Lipinski definition) is 1. The SMILES string of the molecule is CCC(C#N)CNc1ccc(OC)c(C)c1C. The molecule has 17 heavy (non-hydrogen) atoms. The molecule has 0 amide bonds. The summed E-state index contributed by atoms with van der Waals surface area (Å²) in [6.07, 6.45) is 0.873. The van der Waals surface area contributed by atoms with Gasteiger partial charge in [0.15, 0.2) is 0 Å². The second-order valence-electron chi connectivity index (χ2n) is 4.18. The average Bonchev–Trinajstić information content (AvgIpc) is 2.35. The van der Waals surface area contributed by atoms with Crippen molar-refractivity contribution < 1.29 is 4.74 Å². The Morgan fingerprint density at radius 2 is 2.06 bits per heavy atom. The Kier molecular flexibility index (Phi) is 4.84. The third kappa shape index (κ3) is 3.13. The largest absolute Gasteiger partial charge is 0.496 e. The smallest absolute Gasteiger partial charge is 0.122 e. The summed E-state index contributed by atoms with van der Waals surface area (Å²) in [5.74, 6) is 0.970. The molecule has 0 heterocycles. The van der Waals surface area contributed by atoms with Crippen molar-refractivity contribution in [3.63, 3.8) is 0 Å². The highest BCUT2D eigenvalue weighted by atomic mass is 16.5. The second kappa shape index (κ2) is 6.15. The van der Waals surface area contributed by atoms with Crippen molar-refractivity contribution in [3.8, 4) is 11.8 Å². The van der Waals surface area contributed by atoms with Crippen LogP contribution in [-0.4, -0.2) is 13.7 Å². The second-order valence-corrected chi connectivity index (χ2v) is 4.18. The van der Waals surface area contributed by atoms with Crippen LogP contribution >= 0.6 is 0 Å². The van der Waals surface area contributed by atoms with E-state index in [4.69, 9.17) is 10.00 Å². The fourth-order valence-corrected chi connectivity index (χ4v) is 1.72. The highest BCUT2D eigenvalue weighted by Gasteiger charge is 2.08. The van der Waals surface area contributed by atoms with E-state index in [1.807, 2.05) is 26.0 Å². The van der Waals surface area contributed by atoms with Gasteiger partial charge in [-0.05, 0) is 43.5 Å². The topological polar surface area (TPSA) is 45.0 Å². The summed E-state index contributed by atoms with van der Waals surface area (Å²) in [6.45, 7) is 6.83. The van der Waals surface area contributed by atoms with Gasteiger partial charge in [-0.3, -0.25) is 0 Å². The van der Waals surface area contributed by atoms with E-state index in [0.717, 1.165) is 23.4 Å². The first kappa shape index (κ1) is 13.4. The summed E-state index contributed by atoms with van der Waals surface area (Å²) in [5.41, 5.74) is 3.40. The molecule has 0 saturated heterocycles. The van der Waals surface area contributed by atoms with Gasteiger partial charge in [-0.15, -0.1) is 0 Å². The predicted molar refractivity (Wildman–Crippen MR) is 70.4 cm³/mol. The molecule has 0 aliphatic heterocycles. The quantitative estimate of drug-likeness (QED) is 0.847. The molecule has 1 aromatic carbocycles. The molecule has 1 rings (SSSR count). The van der Waals surface area contributed by atoms with E-state index >= 15 is 0 Å². The van der Waals surface area contributed by atoms with E-state index in [-0.39, 0.29) is 5.92 Å². The molecular formula is C14H20N2O. The van der Waals surface area contributed by atoms with Gasteiger partial charge in [-0.25, -0.2) is 0 Å². The number of benzene rings is 1. The molecule has 1 atom stereocenters. The van der Waals surface area contributed by atoms with E-state index in [0.29, 0.717) is 6.54 Å². The summed E-state index contributed by atoms with van der Waals surface area (Å²) in [4.78, 5) is 0. The Morgan fingerprint density at radius 1 is 1.35 bits per heavy atom. The van der Waals surface area contributed by atoms with Crippen LogP contribution in [-0.2, 0) is 0 Å². The first-order chi connectivity index (χ1) is 8.13. The maximum absolute atomic E-state index is 8.90. The lowest BCUT2D eigenvalue weighted by Crippen LogP contribution is -2.12. The summed E-state index contributed by atoms with van der Waals surface area (Å²) in [6, 6.07) is 6.25. The van der Waals surface area contributed by atoms with E-state index in [1.165, 1.54) is 5.56 Å². The number of methoxy groups -OCH3 is 1. The van der Waals surface area contributed by atoms with Crippen molar-refractivity contribution in [3.05, 3.63) is 23.3 Å². The number of nitrogens with zero attached hydrogens (tertiary/aromatic N) is 1. The summed E-state index contributed by atoms with van der Waals surface area (Å²) in [7, 11) is 1.68. The first-order valence-electron chi connectivity index (χ1n) is 5.91.